The molecule has 5 heteroatoms. The van der Waals surface area contributed by atoms with E-state index in [1.54, 1.807) is 0 Å². The van der Waals surface area contributed by atoms with Crippen molar-refractivity contribution in [3.63, 3.8) is 0 Å². The van der Waals surface area contributed by atoms with E-state index < -0.39 is 6.10 Å². The van der Waals surface area contributed by atoms with Crippen molar-refractivity contribution >= 4 is 11.6 Å². The molecule has 1 N–H and O–H groups in total. The summed E-state index contributed by atoms with van der Waals surface area (Å²) >= 11 is 0. The number of fused-ring (bicyclic) bond motifs is 1. The first-order valence-electron chi connectivity index (χ1n) is 7.86. The zero-order chi connectivity index (χ0) is 15.7. The number of nitrogens with zero attached hydrogens (tertiary/aromatic N) is 1. The van der Waals surface area contributed by atoms with Crippen molar-refractivity contribution in [1.82, 2.24) is 5.32 Å². The van der Waals surface area contributed by atoms with Crippen LogP contribution in [0.15, 0.2) is 23.4 Å². The first kappa shape index (κ1) is 15.0. The Labute approximate surface area is 129 Å². The molecule has 0 spiro atoms. The number of halogens is 1. The standard InChI is InChI=1S/C17H21FN2O2/c1-10(2)15-9-16(22-20-15)17(21)19-14-5-3-4-11-6-7-12(18)8-13(11)14/h6-8,10,14,16H,3-5,9H2,1-2H3,(H,19,21)/t14-,16?/m0/s1. The van der Waals surface area contributed by atoms with Gasteiger partial charge in [-0.2, -0.15) is 0 Å². The van der Waals surface area contributed by atoms with E-state index in [2.05, 4.69) is 10.5 Å². The lowest BCUT2D eigenvalue weighted by Gasteiger charge is -2.27. The van der Waals surface area contributed by atoms with Crippen molar-refractivity contribution in [3.05, 3.63) is 35.1 Å². The lowest BCUT2D eigenvalue weighted by molar-refractivity contribution is -0.132. The van der Waals surface area contributed by atoms with Crippen LogP contribution in [0, 0.1) is 11.7 Å². The summed E-state index contributed by atoms with van der Waals surface area (Å²) < 4.78 is 13.5. The third-order valence-electron chi connectivity index (χ3n) is 4.39. The fraction of sp³-hybridized carbons (Fsp3) is 0.529. The fourth-order valence-corrected chi connectivity index (χ4v) is 3.06. The molecule has 0 saturated carbocycles. The molecular weight excluding hydrogens is 283 g/mol. The predicted octanol–water partition coefficient (Wildman–Crippen LogP) is 3.12. The second-order valence-corrected chi connectivity index (χ2v) is 6.33. The van der Waals surface area contributed by atoms with Crippen LogP contribution in [0.3, 0.4) is 0 Å². The minimum Gasteiger partial charge on any atom is -0.382 e. The largest absolute Gasteiger partial charge is 0.382 e. The number of benzene rings is 1. The number of aryl methyl sites for hydroxylation is 1. The molecule has 1 amide bonds. The summed E-state index contributed by atoms with van der Waals surface area (Å²) in [6.45, 7) is 4.06. The molecule has 118 valence electrons. The lowest BCUT2D eigenvalue weighted by atomic mass is 9.87. The Morgan fingerprint density at radius 2 is 2.27 bits per heavy atom. The van der Waals surface area contributed by atoms with E-state index in [0.29, 0.717) is 6.42 Å². The van der Waals surface area contributed by atoms with Crippen LogP contribution in [0.2, 0.25) is 0 Å². The van der Waals surface area contributed by atoms with Gasteiger partial charge in [-0.05, 0) is 48.4 Å². The maximum Gasteiger partial charge on any atom is 0.264 e. The minimum atomic E-state index is -0.559. The summed E-state index contributed by atoms with van der Waals surface area (Å²) in [4.78, 5) is 17.6. The van der Waals surface area contributed by atoms with Gasteiger partial charge in [0, 0.05) is 6.42 Å². The molecule has 22 heavy (non-hydrogen) atoms. The van der Waals surface area contributed by atoms with Gasteiger partial charge in [0.25, 0.3) is 5.91 Å². The molecule has 0 fully saturated rings. The molecule has 2 aliphatic rings. The highest BCUT2D eigenvalue weighted by Gasteiger charge is 2.32. The van der Waals surface area contributed by atoms with Gasteiger partial charge in [-0.15, -0.1) is 0 Å². The molecule has 1 heterocycles. The molecule has 1 unspecified atom stereocenters. The molecule has 3 rings (SSSR count). The lowest BCUT2D eigenvalue weighted by Crippen LogP contribution is -2.38. The third kappa shape index (κ3) is 2.98. The normalized spacial score (nSPS) is 23.7. The van der Waals surface area contributed by atoms with Gasteiger partial charge in [-0.25, -0.2) is 4.39 Å². The van der Waals surface area contributed by atoms with E-state index in [1.807, 2.05) is 19.9 Å². The maximum absolute atomic E-state index is 13.5. The van der Waals surface area contributed by atoms with Gasteiger partial charge >= 0.3 is 0 Å². The number of hydrogen-bond acceptors (Lipinski definition) is 3. The molecule has 0 radical (unpaired) electrons. The summed E-state index contributed by atoms with van der Waals surface area (Å²) in [5.74, 6) is -0.147. The van der Waals surface area contributed by atoms with Crippen molar-refractivity contribution in [2.45, 2.75) is 51.7 Å². The van der Waals surface area contributed by atoms with Crippen LogP contribution in [0.1, 0.15) is 50.3 Å². The quantitative estimate of drug-likeness (QED) is 0.932. The Morgan fingerprint density at radius 1 is 1.45 bits per heavy atom. The van der Waals surface area contributed by atoms with Crippen molar-refractivity contribution in [3.8, 4) is 0 Å². The first-order chi connectivity index (χ1) is 10.5. The van der Waals surface area contributed by atoms with Gasteiger partial charge in [-0.1, -0.05) is 25.1 Å². The molecular formula is C17H21FN2O2. The molecule has 2 atom stereocenters. The summed E-state index contributed by atoms with van der Waals surface area (Å²) in [5.41, 5.74) is 2.92. The SMILES string of the molecule is CC(C)C1=NOC(C(=O)N[C@H]2CCCc3ccc(F)cc32)C1. The number of carbonyl (C=O) groups excluding carboxylic acids is 1. The molecule has 1 aliphatic carbocycles. The number of oxime groups is 1. The summed E-state index contributed by atoms with van der Waals surface area (Å²) in [6, 6.07) is 4.69. The highest BCUT2D eigenvalue weighted by molar-refractivity contribution is 5.93. The number of nitrogens with one attached hydrogen (secondary N) is 1. The van der Waals surface area contributed by atoms with Crippen LogP contribution in [0.4, 0.5) is 4.39 Å². The smallest absolute Gasteiger partial charge is 0.264 e. The minimum absolute atomic E-state index is 0.140. The second kappa shape index (κ2) is 6.07. The Bertz CT molecular complexity index is 613. The zero-order valence-electron chi connectivity index (χ0n) is 12.9. The van der Waals surface area contributed by atoms with Crippen LogP contribution in [0.25, 0.3) is 0 Å². The predicted molar refractivity (Wildman–Crippen MR) is 82.0 cm³/mol. The zero-order valence-corrected chi connectivity index (χ0v) is 12.9. The highest BCUT2D eigenvalue weighted by Crippen LogP contribution is 2.30. The van der Waals surface area contributed by atoms with Gasteiger partial charge in [0.2, 0.25) is 6.10 Å². The number of amides is 1. The van der Waals surface area contributed by atoms with Gasteiger partial charge in [-0.3, -0.25) is 4.79 Å². The number of hydrogen-bond donors (Lipinski definition) is 1. The van der Waals surface area contributed by atoms with Crippen molar-refractivity contribution in [2.75, 3.05) is 0 Å². The van der Waals surface area contributed by atoms with Crippen LogP contribution in [0.5, 0.6) is 0 Å². The van der Waals surface area contributed by atoms with Crippen molar-refractivity contribution < 1.29 is 14.0 Å². The summed E-state index contributed by atoms with van der Waals surface area (Å²) in [6.07, 6.45) is 2.72. The van der Waals surface area contributed by atoms with Gasteiger partial charge in [0.05, 0.1) is 11.8 Å². The van der Waals surface area contributed by atoms with Crippen LogP contribution >= 0.6 is 0 Å². The van der Waals surface area contributed by atoms with E-state index in [1.165, 1.54) is 12.1 Å². The molecule has 0 bridgehead atoms. The molecule has 4 nitrogen and oxygen atoms in total. The molecule has 1 aromatic carbocycles. The van der Waals surface area contributed by atoms with E-state index in [9.17, 15) is 9.18 Å². The number of rotatable bonds is 3. The Morgan fingerprint density at radius 3 is 3.00 bits per heavy atom. The average Bonchev–Trinajstić information content (AvgIpc) is 2.98. The van der Waals surface area contributed by atoms with Crippen LogP contribution in [-0.2, 0) is 16.1 Å². The Kier molecular flexibility index (Phi) is 4.14. The first-order valence-corrected chi connectivity index (χ1v) is 7.86. The third-order valence-corrected chi connectivity index (χ3v) is 4.39. The van der Waals surface area contributed by atoms with Crippen LogP contribution in [-0.4, -0.2) is 17.7 Å². The molecule has 0 saturated heterocycles. The molecule has 1 aromatic rings. The molecule has 1 aliphatic heterocycles. The highest BCUT2D eigenvalue weighted by atomic mass is 19.1. The van der Waals surface area contributed by atoms with E-state index in [-0.39, 0.29) is 23.7 Å². The van der Waals surface area contributed by atoms with Crippen molar-refractivity contribution in [1.29, 1.82) is 0 Å². The van der Waals surface area contributed by atoms with E-state index in [0.717, 1.165) is 36.1 Å². The van der Waals surface area contributed by atoms with Crippen LogP contribution < -0.4 is 5.32 Å². The summed E-state index contributed by atoms with van der Waals surface area (Å²) in [5, 5.41) is 6.98. The second-order valence-electron chi connectivity index (χ2n) is 6.33. The maximum atomic E-state index is 13.5. The Hall–Kier alpha value is -1.91. The molecule has 0 aromatic heterocycles. The van der Waals surface area contributed by atoms with Gasteiger partial charge in [0.1, 0.15) is 5.82 Å². The Balaban J connectivity index is 1.68. The number of carbonyl (C=O) groups is 1. The van der Waals surface area contributed by atoms with E-state index in [4.69, 9.17) is 4.84 Å². The van der Waals surface area contributed by atoms with Crippen molar-refractivity contribution in [2.24, 2.45) is 11.1 Å². The monoisotopic (exact) mass is 304 g/mol. The average molecular weight is 304 g/mol. The van der Waals surface area contributed by atoms with Gasteiger partial charge < -0.3 is 10.2 Å². The summed E-state index contributed by atoms with van der Waals surface area (Å²) in [7, 11) is 0. The topological polar surface area (TPSA) is 50.7 Å². The fourth-order valence-electron chi connectivity index (χ4n) is 3.06. The van der Waals surface area contributed by atoms with E-state index >= 15 is 0 Å². The van der Waals surface area contributed by atoms with Gasteiger partial charge in [0.15, 0.2) is 0 Å².